The summed E-state index contributed by atoms with van der Waals surface area (Å²) in [4.78, 5) is 2.25. The number of aromatic nitrogens is 3. The van der Waals surface area contributed by atoms with Crippen molar-refractivity contribution >= 4 is 11.6 Å². The zero-order chi connectivity index (χ0) is 22.1. The molecule has 2 aliphatic heterocycles. The second-order valence-electron chi connectivity index (χ2n) is 8.66. The van der Waals surface area contributed by atoms with Crippen molar-refractivity contribution in [3.05, 3.63) is 46.0 Å². The molecule has 3 heterocycles. The number of aliphatic hydroxyl groups is 1. The monoisotopic (exact) mass is 456 g/mol. The van der Waals surface area contributed by atoms with Gasteiger partial charge in [0.25, 0.3) is 0 Å². The minimum Gasteiger partial charge on any atom is -0.385 e. The van der Waals surface area contributed by atoms with Crippen LogP contribution in [0.5, 0.6) is 0 Å². The molecular weight excluding hydrogens is 429 g/mol. The topological polar surface area (TPSA) is 54.2 Å². The first kappa shape index (κ1) is 22.6. The highest BCUT2D eigenvalue weighted by atomic mass is 35.5. The molecule has 31 heavy (non-hydrogen) atoms. The first-order chi connectivity index (χ1) is 14.8. The lowest BCUT2D eigenvalue weighted by atomic mass is 9.83. The van der Waals surface area contributed by atoms with Gasteiger partial charge >= 0.3 is 6.18 Å². The van der Waals surface area contributed by atoms with Gasteiger partial charge in [0.2, 0.25) is 0 Å². The van der Waals surface area contributed by atoms with Crippen molar-refractivity contribution < 1.29 is 18.3 Å². The van der Waals surface area contributed by atoms with Crippen molar-refractivity contribution in [1.29, 1.82) is 0 Å². The number of alkyl halides is 3. The Morgan fingerprint density at radius 3 is 2.58 bits per heavy atom. The van der Waals surface area contributed by atoms with E-state index in [0.29, 0.717) is 25.9 Å². The van der Waals surface area contributed by atoms with Crippen molar-refractivity contribution in [2.45, 2.75) is 69.7 Å². The smallest absolute Gasteiger partial charge is 0.385 e. The summed E-state index contributed by atoms with van der Waals surface area (Å²) in [6, 6.07) is 3.18. The third-order valence-electron chi connectivity index (χ3n) is 6.54. The van der Waals surface area contributed by atoms with Crippen LogP contribution in [0.2, 0.25) is 5.02 Å². The number of piperidine rings is 1. The molecule has 1 fully saturated rings. The van der Waals surface area contributed by atoms with Crippen molar-refractivity contribution in [3.8, 4) is 0 Å². The van der Waals surface area contributed by atoms with Crippen molar-refractivity contribution in [2.75, 3.05) is 19.6 Å². The van der Waals surface area contributed by atoms with Crippen LogP contribution < -0.4 is 0 Å². The third-order valence-corrected chi connectivity index (χ3v) is 6.87. The Hall–Kier alpha value is -1.64. The molecule has 1 N–H and O–H groups in total. The fourth-order valence-corrected chi connectivity index (χ4v) is 4.96. The summed E-state index contributed by atoms with van der Waals surface area (Å²) in [5, 5.41) is 20.0. The van der Waals surface area contributed by atoms with Gasteiger partial charge in [0.1, 0.15) is 11.6 Å². The SMILES string of the molecule is OC1(c2cc(C(F)(F)F)ccc2Cl)CCN(CCCc2nnc3n2CCCCC3)CC1. The summed E-state index contributed by atoms with van der Waals surface area (Å²) < 4.78 is 41.5. The molecule has 1 aromatic carbocycles. The number of benzene rings is 1. The molecule has 170 valence electrons. The minimum absolute atomic E-state index is 0.176. The lowest BCUT2D eigenvalue weighted by Gasteiger charge is -2.39. The predicted octanol–water partition coefficient (Wildman–Crippen LogP) is 4.59. The molecule has 2 aliphatic rings. The summed E-state index contributed by atoms with van der Waals surface area (Å²) in [6.45, 7) is 3.07. The van der Waals surface area contributed by atoms with E-state index in [9.17, 15) is 18.3 Å². The Morgan fingerprint density at radius 1 is 1.06 bits per heavy atom. The fourth-order valence-electron chi connectivity index (χ4n) is 4.67. The first-order valence-corrected chi connectivity index (χ1v) is 11.4. The van der Waals surface area contributed by atoms with Gasteiger partial charge in [0.15, 0.2) is 0 Å². The second-order valence-corrected chi connectivity index (χ2v) is 9.07. The second kappa shape index (κ2) is 9.08. The van der Waals surface area contributed by atoms with Crippen LogP contribution in [0, 0.1) is 0 Å². The maximum absolute atomic E-state index is 13.1. The maximum atomic E-state index is 13.1. The van der Waals surface area contributed by atoms with Crippen LogP contribution in [-0.2, 0) is 31.2 Å². The van der Waals surface area contributed by atoms with Crippen LogP contribution >= 0.6 is 11.6 Å². The molecule has 0 unspecified atom stereocenters. The van der Waals surface area contributed by atoms with Gasteiger partial charge < -0.3 is 14.6 Å². The Bertz CT molecular complexity index is 907. The quantitative estimate of drug-likeness (QED) is 0.714. The minimum atomic E-state index is -4.46. The fraction of sp³-hybridized carbons (Fsp3) is 0.636. The standard InChI is InChI=1S/C22H28ClF3N4O/c23-18-8-7-16(22(24,25)26)15-17(18)21(31)9-13-29(14-10-21)11-4-6-20-28-27-19-5-2-1-3-12-30(19)20/h7-8,15,31H,1-6,9-14H2. The highest BCUT2D eigenvalue weighted by Gasteiger charge is 2.38. The molecule has 4 rings (SSSR count). The summed E-state index contributed by atoms with van der Waals surface area (Å²) in [5.41, 5.74) is -1.94. The predicted molar refractivity (Wildman–Crippen MR) is 112 cm³/mol. The van der Waals surface area contributed by atoms with Gasteiger partial charge in [-0.1, -0.05) is 18.0 Å². The van der Waals surface area contributed by atoms with Crippen LogP contribution in [0.15, 0.2) is 18.2 Å². The number of hydrogen-bond donors (Lipinski definition) is 1. The largest absolute Gasteiger partial charge is 0.416 e. The third kappa shape index (κ3) is 5.07. The van der Waals surface area contributed by atoms with Gasteiger partial charge in [-0.05, 0) is 56.8 Å². The number of rotatable bonds is 5. The number of hydrogen-bond acceptors (Lipinski definition) is 4. The van der Waals surface area contributed by atoms with Crippen molar-refractivity contribution in [1.82, 2.24) is 19.7 Å². The van der Waals surface area contributed by atoms with Crippen LogP contribution in [0.3, 0.4) is 0 Å². The lowest BCUT2D eigenvalue weighted by Crippen LogP contribution is -2.43. The highest BCUT2D eigenvalue weighted by molar-refractivity contribution is 6.31. The summed E-state index contributed by atoms with van der Waals surface area (Å²) in [7, 11) is 0. The molecule has 0 saturated carbocycles. The van der Waals surface area contributed by atoms with Gasteiger partial charge in [-0.25, -0.2) is 0 Å². The molecule has 0 aliphatic carbocycles. The summed E-state index contributed by atoms with van der Waals surface area (Å²) in [5.74, 6) is 2.13. The van der Waals surface area contributed by atoms with Crippen LogP contribution in [0.4, 0.5) is 13.2 Å². The van der Waals surface area contributed by atoms with Crippen LogP contribution in [-0.4, -0.2) is 44.4 Å². The van der Waals surface area contributed by atoms with E-state index in [-0.39, 0.29) is 10.6 Å². The molecule has 0 bridgehead atoms. The van der Waals surface area contributed by atoms with Crippen LogP contribution in [0.25, 0.3) is 0 Å². The number of likely N-dealkylation sites (tertiary alicyclic amines) is 1. The molecule has 1 aromatic heterocycles. The Morgan fingerprint density at radius 2 is 1.84 bits per heavy atom. The lowest BCUT2D eigenvalue weighted by molar-refractivity contribution is -0.137. The molecule has 0 radical (unpaired) electrons. The number of aryl methyl sites for hydroxylation is 2. The average molecular weight is 457 g/mol. The molecule has 0 amide bonds. The molecule has 1 saturated heterocycles. The normalized spacial score (nSPS) is 19.8. The van der Waals surface area contributed by atoms with Gasteiger partial charge in [-0.15, -0.1) is 10.2 Å². The van der Waals surface area contributed by atoms with Gasteiger partial charge in [0, 0.05) is 43.1 Å². The summed E-state index contributed by atoms with van der Waals surface area (Å²) in [6.07, 6.45) is 2.60. The van der Waals surface area contributed by atoms with E-state index in [1.54, 1.807) is 0 Å². The van der Waals surface area contributed by atoms with E-state index < -0.39 is 17.3 Å². The Labute approximate surface area is 185 Å². The number of nitrogens with zero attached hydrogens (tertiary/aromatic N) is 4. The molecule has 9 heteroatoms. The van der Waals surface area contributed by atoms with E-state index in [0.717, 1.165) is 56.1 Å². The van der Waals surface area contributed by atoms with E-state index in [2.05, 4.69) is 19.7 Å². The molecule has 0 atom stereocenters. The molecule has 2 aromatic rings. The van der Waals surface area contributed by atoms with Gasteiger partial charge in [-0.2, -0.15) is 13.2 Å². The first-order valence-electron chi connectivity index (χ1n) is 11.0. The number of halogens is 4. The van der Waals surface area contributed by atoms with Gasteiger partial charge in [-0.3, -0.25) is 0 Å². The maximum Gasteiger partial charge on any atom is 0.416 e. The van der Waals surface area contributed by atoms with E-state index in [1.807, 2.05) is 0 Å². The zero-order valence-corrected chi connectivity index (χ0v) is 18.2. The summed E-state index contributed by atoms with van der Waals surface area (Å²) >= 11 is 6.16. The van der Waals surface area contributed by atoms with E-state index in [4.69, 9.17) is 11.6 Å². The highest BCUT2D eigenvalue weighted by Crippen LogP contribution is 2.40. The molecule has 0 spiro atoms. The van der Waals surface area contributed by atoms with Gasteiger partial charge in [0.05, 0.1) is 11.2 Å². The average Bonchev–Trinajstić information content (AvgIpc) is 2.95. The Kier molecular flexibility index (Phi) is 6.60. The van der Waals surface area contributed by atoms with E-state index >= 15 is 0 Å². The number of fused-ring (bicyclic) bond motifs is 1. The van der Waals surface area contributed by atoms with Crippen molar-refractivity contribution in [2.24, 2.45) is 0 Å². The van der Waals surface area contributed by atoms with Crippen LogP contribution in [0.1, 0.15) is 61.3 Å². The zero-order valence-electron chi connectivity index (χ0n) is 17.5. The molecular formula is C22H28ClF3N4O. The molecule has 5 nitrogen and oxygen atoms in total. The Balaban J connectivity index is 1.33. The van der Waals surface area contributed by atoms with E-state index in [1.165, 1.54) is 25.3 Å². The van der Waals surface area contributed by atoms with Crippen molar-refractivity contribution in [3.63, 3.8) is 0 Å².